The number of benzene rings is 2. The van der Waals surface area contributed by atoms with Crippen LogP contribution in [0.5, 0.6) is 0 Å². The van der Waals surface area contributed by atoms with Gasteiger partial charge >= 0.3 is 0 Å². The molecule has 30 heavy (non-hydrogen) atoms. The van der Waals surface area contributed by atoms with Crippen LogP contribution in [0.25, 0.3) is 0 Å². The van der Waals surface area contributed by atoms with Crippen molar-refractivity contribution < 1.29 is 14.0 Å². The highest BCUT2D eigenvalue weighted by atomic mass is 79.9. The van der Waals surface area contributed by atoms with Gasteiger partial charge in [0.15, 0.2) is 0 Å². The summed E-state index contributed by atoms with van der Waals surface area (Å²) >= 11 is 9.36. The Morgan fingerprint density at radius 2 is 1.83 bits per heavy atom. The van der Waals surface area contributed by atoms with Gasteiger partial charge in [-0.3, -0.25) is 9.59 Å². The molecule has 2 amide bonds. The second kappa shape index (κ2) is 10.9. The zero-order valence-corrected chi connectivity index (χ0v) is 19.0. The third-order valence-corrected chi connectivity index (χ3v) is 6.10. The van der Waals surface area contributed by atoms with Crippen LogP contribution in [-0.2, 0) is 16.1 Å². The van der Waals surface area contributed by atoms with Crippen molar-refractivity contribution in [3.05, 3.63) is 69.9 Å². The van der Waals surface area contributed by atoms with Crippen molar-refractivity contribution in [1.29, 1.82) is 0 Å². The maximum absolute atomic E-state index is 13.4. The molecule has 1 aliphatic rings. The second-order valence-corrected chi connectivity index (χ2v) is 8.77. The number of hydrogen-bond donors (Lipinski definition) is 1. The Labute approximate surface area is 189 Å². The number of carbonyl (C=O) groups excluding carboxylic acids is 2. The fraction of sp³-hybridized carbons (Fsp3) is 0.391. The van der Waals surface area contributed by atoms with Gasteiger partial charge in [0.2, 0.25) is 11.8 Å². The van der Waals surface area contributed by atoms with Crippen LogP contribution in [0.15, 0.2) is 53.0 Å². The Morgan fingerprint density at radius 1 is 1.13 bits per heavy atom. The predicted molar refractivity (Wildman–Crippen MR) is 120 cm³/mol. The first-order chi connectivity index (χ1) is 14.5. The van der Waals surface area contributed by atoms with Crippen LogP contribution in [0.3, 0.4) is 0 Å². The molecule has 1 saturated carbocycles. The lowest BCUT2D eigenvalue weighted by Crippen LogP contribution is -2.47. The van der Waals surface area contributed by atoms with Crippen molar-refractivity contribution in [3.63, 3.8) is 0 Å². The van der Waals surface area contributed by atoms with E-state index in [1.165, 1.54) is 23.5 Å². The molecule has 0 saturated heterocycles. The van der Waals surface area contributed by atoms with E-state index in [0.29, 0.717) is 5.56 Å². The van der Waals surface area contributed by atoms with E-state index < -0.39 is 6.04 Å². The molecule has 4 nitrogen and oxygen atoms in total. The summed E-state index contributed by atoms with van der Waals surface area (Å²) in [6.45, 7) is 0.154. The number of amides is 2. The molecule has 2 aromatic carbocycles. The van der Waals surface area contributed by atoms with Crippen LogP contribution < -0.4 is 5.32 Å². The Hall–Kier alpha value is -1.92. The van der Waals surface area contributed by atoms with Crippen molar-refractivity contribution >= 4 is 39.3 Å². The summed E-state index contributed by atoms with van der Waals surface area (Å²) in [6, 6.07) is 12.6. The van der Waals surface area contributed by atoms with Gasteiger partial charge in [-0.05, 0) is 48.2 Å². The molecule has 1 aliphatic carbocycles. The Balaban J connectivity index is 1.94. The van der Waals surface area contributed by atoms with Gasteiger partial charge in [-0.15, -0.1) is 11.6 Å². The summed E-state index contributed by atoms with van der Waals surface area (Å²) in [7, 11) is 0. The lowest BCUT2D eigenvalue weighted by atomic mass is 9.94. The number of halogens is 3. The monoisotopic (exact) mass is 494 g/mol. The molecule has 0 aromatic heterocycles. The Morgan fingerprint density at radius 3 is 2.47 bits per heavy atom. The van der Waals surface area contributed by atoms with E-state index in [2.05, 4.69) is 21.2 Å². The van der Waals surface area contributed by atoms with Crippen molar-refractivity contribution in [3.8, 4) is 0 Å². The number of hydrogen-bond acceptors (Lipinski definition) is 2. The van der Waals surface area contributed by atoms with Crippen LogP contribution in [0.4, 0.5) is 4.39 Å². The molecule has 0 unspecified atom stereocenters. The van der Waals surface area contributed by atoms with Gasteiger partial charge in [-0.2, -0.15) is 0 Å². The quantitative estimate of drug-likeness (QED) is 0.527. The first-order valence-corrected chi connectivity index (χ1v) is 11.5. The Bertz CT molecular complexity index is 872. The van der Waals surface area contributed by atoms with E-state index in [1.807, 2.05) is 24.3 Å². The molecular weight excluding hydrogens is 471 g/mol. The average Bonchev–Trinajstić information content (AvgIpc) is 2.75. The summed E-state index contributed by atoms with van der Waals surface area (Å²) < 4.78 is 14.1. The summed E-state index contributed by atoms with van der Waals surface area (Å²) in [5, 5.41) is 3.14. The number of alkyl halides is 1. The summed E-state index contributed by atoms with van der Waals surface area (Å²) in [6.07, 6.45) is 5.25. The SMILES string of the molecule is O=C(NC1CCCCC1)[C@@H](c1cccc(Br)c1)N(Cc1ccc(F)cc1)C(=O)CCl. The van der Waals surface area contributed by atoms with Crippen LogP contribution in [0.2, 0.25) is 0 Å². The minimum absolute atomic E-state index is 0.111. The van der Waals surface area contributed by atoms with Crippen LogP contribution >= 0.6 is 27.5 Å². The van der Waals surface area contributed by atoms with Gasteiger partial charge in [0, 0.05) is 17.1 Å². The normalized spacial score (nSPS) is 15.4. The zero-order chi connectivity index (χ0) is 21.5. The minimum atomic E-state index is -0.833. The van der Waals surface area contributed by atoms with Crippen LogP contribution in [0, 0.1) is 5.82 Å². The predicted octanol–water partition coefficient (Wildman–Crippen LogP) is 5.35. The smallest absolute Gasteiger partial charge is 0.247 e. The highest BCUT2D eigenvalue weighted by molar-refractivity contribution is 9.10. The molecule has 1 atom stereocenters. The molecule has 0 spiro atoms. The lowest BCUT2D eigenvalue weighted by Gasteiger charge is -2.33. The third kappa shape index (κ3) is 6.05. The molecule has 1 N–H and O–H groups in total. The fourth-order valence-corrected chi connectivity index (χ4v) is 4.43. The van der Waals surface area contributed by atoms with E-state index in [-0.39, 0.29) is 36.1 Å². The maximum atomic E-state index is 13.4. The minimum Gasteiger partial charge on any atom is -0.351 e. The fourth-order valence-electron chi connectivity index (χ4n) is 3.86. The molecular formula is C23H25BrClFN2O2. The molecule has 160 valence electrons. The van der Waals surface area contributed by atoms with Gasteiger partial charge in [-0.1, -0.05) is 59.5 Å². The largest absolute Gasteiger partial charge is 0.351 e. The van der Waals surface area contributed by atoms with Gasteiger partial charge in [-0.25, -0.2) is 4.39 Å². The first-order valence-electron chi connectivity index (χ1n) is 10.1. The van der Waals surface area contributed by atoms with E-state index in [4.69, 9.17) is 11.6 Å². The van der Waals surface area contributed by atoms with Gasteiger partial charge in [0.05, 0.1) is 0 Å². The first kappa shape index (κ1) is 22.8. The Kier molecular flexibility index (Phi) is 8.28. The lowest BCUT2D eigenvalue weighted by molar-refractivity contribution is -0.140. The third-order valence-electron chi connectivity index (χ3n) is 5.38. The van der Waals surface area contributed by atoms with Gasteiger partial charge in [0.1, 0.15) is 17.7 Å². The number of nitrogens with zero attached hydrogens (tertiary/aromatic N) is 1. The van der Waals surface area contributed by atoms with Gasteiger partial charge < -0.3 is 10.2 Å². The molecule has 1 fully saturated rings. The van der Waals surface area contributed by atoms with Crippen LogP contribution in [-0.4, -0.2) is 28.6 Å². The molecule has 3 rings (SSSR count). The molecule has 7 heteroatoms. The topological polar surface area (TPSA) is 49.4 Å². The van der Waals surface area contributed by atoms with Gasteiger partial charge in [0.25, 0.3) is 0 Å². The molecule has 0 bridgehead atoms. The van der Waals surface area contributed by atoms with E-state index >= 15 is 0 Å². The zero-order valence-electron chi connectivity index (χ0n) is 16.6. The standard InChI is InChI=1S/C23H25BrClFN2O2/c24-18-6-4-5-17(13-18)22(23(30)27-20-7-2-1-3-8-20)28(21(29)14-25)15-16-9-11-19(26)12-10-16/h4-6,9-13,20,22H,1-3,7-8,14-15H2,(H,27,30)/t22-/m1/s1. The molecule has 0 aliphatic heterocycles. The number of carbonyl (C=O) groups is 2. The summed E-state index contributed by atoms with van der Waals surface area (Å²) in [5.41, 5.74) is 1.42. The van der Waals surface area contributed by atoms with Crippen molar-refractivity contribution in [2.45, 2.75) is 50.7 Å². The van der Waals surface area contributed by atoms with Crippen molar-refractivity contribution in [2.75, 3.05) is 5.88 Å². The van der Waals surface area contributed by atoms with Crippen LogP contribution in [0.1, 0.15) is 49.3 Å². The van der Waals surface area contributed by atoms with Crippen molar-refractivity contribution in [2.24, 2.45) is 0 Å². The number of nitrogens with one attached hydrogen (secondary N) is 1. The molecule has 0 heterocycles. The summed E-state index contributed by atoms with van der Waals surface area (Å²) in [5.74, 6) is -1.18. The highest BCUT2D eigenvalue weighted by Crippen LogP contribution is 2.28. The van der Waals surface area contributed by atoms with E-state index in [9.17, 15) is 14.0 Å². The molecule has 0 radical (unpaired) electrons. The maximum Gasteiger partial charge on any atom is 0.247 e. The van der Waals surface area contributed by atoms with E-state index in [0.717, 1.165) is 35.7 Å². The number of rotatable bonds is 7. The summed E-state index contributed by atoms with van der Waals surface area (Å²) in [4.78, 5) is 27.7. The highest BCUT2D eigenvalue weighted by Gasteiger charge is 2.32. The molecule has 2 aromatic rings. The van der Waals surface area contributed by atoms with E-state index in [1.54, 1.807) is 12.1 Å². The second-order valence-electron chi connectivity index (χ2n) is 7.58. The average molecular weight is 496 g/mol. The van der Waals surface area contributed by atoms with Crippen molar-refractivity contribution in [1.82, 2.24) is 10.2 Å².